The smallest absolute Gasteiger partial charge is 0.379 e. The van der Waals surface area contributed by atoms with Gasteiger partial charge in [-0.15, -0.1) is 0 Å². The first-order valence-electron chi connectivity index (χ1n) is 10.6. The van der Waals surface area contributed by atoms with Crippen LogP contribution in [0.2, 0.25) is 0 Å². The van der Waals surface area contributed by atoms with Gasteiger partial charge in [0, 0.05) is 26.2 Å². The van der Waals surface area contributed by atoms with Crippen molar-refractivity contribution < 1.29 is 27.2 Å². The van der Waals surface area contributed by atoms with Crippen molar-refractivity contribution in [3.05, 3.63) is 28.1 Å². The van der Waals surface area contributed by atoms with Crippen molar-refractivity contribution >= 4 is 22.8 Å². The Morgan fingerprint density at radius 2 is 2.03 bits per heavy atom. The van der Waals surface area contributed by atoms with E-state index in [9.17, 15) is 22.8 Å². The lowest BCUT2D eigenvalue weighted by Crippen LogP contribution is -2.49. The van der Waals surface area contributed by atoms with Gasteiger partial charge in [-0.1, -0.05) is 0 Å². The summed E-state index contributed by atoms with van der Waals surface area (Å²) in [5.74, 6) is -1.66. The summed E-state index contributed by atoms with van der Waals surface area (Å²) < 4.78 is 49.4. The molecule has 1 fully saturated rings. The fraction of sp³-hybridized carbons (Fsp3) is 0.579. The SMILES string of the molecule is Cc1nn(C(C)COCCC(=O)N2CCN(c3noc(C(F)(F)F)n3)CC2)c2cn[nH]c(=O)c12. The molecule has 1 atom stereocenters. The number of hydrogen-bond donors (Lipinski definition) is 1. The molecule has 4 rings (SSSR count). The van der Waals surface area contributed by atoms with Gasteiger partial charge in [0.25, 0.3) is 11.5 Å². The van der Waals surface area contributed by atoms with Crippen LogP contribution in [0.5, 0.6) is 0 Å². The van der Waals surface area contributed by atoms with Gasteiger partial charge in [0.05, 0.1) is 48.5 Å². The highest BCUT2D eigenvalue weighted by Gasteiger charge is 2.39. The molecule has 12 nitrogen and oxygen atoms in total. The number of aromatic amines is 1. The molecule has 1 aliphatic heterocycles. The average molecular weight is 484 g/mol. The molecule has 0 aliphatic carbocycles. The summed E-state index contributed by atoms with van der Waals surface area (Å²) in [6, 6.07) is -0.185. The van der Waals surface area contributed by atoms with Crippen LogP contribution in [0.25, 0.3) is 10.9 Å². The molecular weight excluding hydrogens is 461 g/mol. The predicted molar refractivity (Wildman–Crippen MR) is 111 cm³/mol. The lowest BCUT2D eigenvalue weighted by Gasteiger charge is -2.33. The second-order valence-corrected chi connectivity index (χ2v) is 7.93. The first kappa shape index (κ1) is 23.7. The number of alkyl halides is 3. The minimum atomic E-state index is -4.70. The second kappa shape index (κ2) is 9.40. The number of aryl methyl sites for hydroxylation is 1. The first-order valence-corrected chi connectivity index (χ1v) is 10.6. The fourth-order valence-electron chi connectivity index (χ4n) is 3.77. The van der Waals surface area contributed by atoms with Gasteiger partial charge in [-0.3, -0.25) is 14.3 Å². The number of rotatable bonds is 7. The molecule has 3 aromatic rings. The third-order valence-corrected chi connectivity index (χ3v) is 5.51. The third-order valence-electron chi connectivity index (χ3n) is 5.51. The number of piperazine rings is 1. The summed E-state index contributed by atoms with van der Waals surface area (Å²) in [7, 11) is 0. The number of aromatic nitrogens is 6. The van der Waals surface area contributed by atoms with Crippen molar-refractivity contribution in [3.63, 3.8) is 0 Å². The Morgan fingerprint density at radius 3 is 2.71 bits per heavy atom. The second-order valence-electron chi connectivity index (χ2n) is 7.93. The van der Waals surface area contributed by atoms with E-state index in [-0.39, 0.29) is 43.1 Å². The molecule has 1 saturated heterocycles. The maximum absolute atomic E-state index is 12.6. The van der Waals surface area contributed by atoms with Crippen molar-refractivity contribution in [3.8, 4) is 0 Å². The third kappa shape index (κ3) is 4.88. The topological polar surface area (TPSA) is 135 Å². The summed E-state index contributed by atoms with van der Waals surface area (Å²) in [4.78, 5) is 31.0. The zero-order valence-electron chi connectivity index (χ0n) is 18.5. The van der Waals surface area contributed by atoms with Gasteiger partial charge in [-0.25, -0.2) is 5.10 Å². The summed E-state index contributed by atoms with van der Waals surface area (Å²) in [5.41, 5.74) is 0.894. The molecule has 1 N–H and O–H groups in total. The molecule has 1 aliphatic rings. The highest BCUT2D eigenvalue weighted by atomic mass is 19.4. The Bertz CT molecular complexity index is 1210. The number of halogens is 3. The van der Waals surface area contributed by atoms with Crippen molar-refractivity contribution in [2.45, 2.75) is 32.5 Å². The van der Waals surface area contributed by atoms with E-state index in [2.05, 4.69) is 30.0 Å². The van der Waals surface area contributed by atoms with E-state index in [0.717, 1.165) is 0 Å². The van der Waals surface area contributed by atoms with Crippen molar-refractivity contribution in [2.24, 2.45) is 0 Å². The van der Waals surface area contributed by atoms with E-state index in [0.29, 0.717) is 42.8 Å². The minimum Gasteiger partial charge on any atom is -0.379 e. The lowest BCUT2D eigenvalue weighted by atomic mass is 10.3. The van der Waals surface area contributed by atoms with Crippen LogP contribution < -0.4 is 10.5 Å². The molecule has 34 heavy (non-hydrogen) atoms. The molecule has 0 spiro atoms. The Hall–Kier alpha value is -3.49. The minimum absolute atomic E-state index is 0.118. The standard InChI is InChI=1S/C19H23F3N8O4/c1-11(30-13-9-23-25-16(32)15(13)12(2)26-30)10-33-8-3-14(31)28-4-6-29(7-5-28)18-24-17(34-27-18)19(20,21)22/h9,11H,3-8,10H2,1-2H3,(H,25,32). The van der Waals surface area contributed by atoms with Gasteiger partial charge in [-0.2, -0.15) is 28.4 Å². The van der Waals surface area contributed by atoms with Crippen LogP contribution >= 0.6 is 0 Å². The summed E-state index contributed by atoms with van der Waals surface area (Å²) in [6.07, 6.45) is -3.00. The van der Waals surface area contributed by atoms with Crippen LogP contribution in [0, 0.1) is 6.92 Å². The van der Waals surface area contributed by atoms with Gasteiger partial charge < -0.3 is 19.1 Å². The molecule has 15 heteroatoms. The van der Waals surface area contributed by atoms with Gasteiger partial charge in [0.2, 0.25) is 5.91 Å². The van der Waals surface area contributed by atoms with Crippen LogP contribution in [-0.2, 0) is 15.7 Å². The molecule has 0 aromatic carbocycles. The maximum atomic E-state index is 12.6. The number of H-pyrrole nitrogens is 1. The number of carbonyl (C=O) groups excluding carboxylic acids is 1. The molecule has 184 valence electrons. The summed E-state index contributed by atoms with van der Waals surface area (Å²) in [5, 5.41) is 14.5. The number of nitrogens with one attached hydrogen (secondary N) is 1. The van der Waals surface area contributed by atoms with E-state index in [1.54, 1.807) is 16.5 Å². The van der Waals surface area contributed by atoms with Crippen LogP contribution in [0.1, 0.15) is 31.0 Å². The van der Waals surface area contributed by atoms with Gasteiger partial charge in [0.15, 0.2) is 0 Å². The van der Waals surface area contributed by atoms with Gasteiger partial charge in [0.1, 0.15) is 0 Å². The van der Waals surface area contributed by atoms with E-state index in [4.69, 9.17) is 4.74 Å². The van der Waals surface area contributed by atoms with E-state index < -0.39 is 12.1 Å². The molecular formula is C19H23F3N8O4. The van der Waals surface area contributed by atoms with E-state index in [1.165, 1.54) is 11.1 Å². The first-order chi connectivity index (χ1) is 16.1. The monoisotopic (exact) mass is 484 g/mol. The lowest BCUT2D eigenvalue weighted by molar-refractivity contribution is -0.159. The Balaban J connectivity index is 1.22. The number of fused-ring (bicyclic) bond motifs is 1. The fourth-order valence-corrected chi connectivity index (χ4v) is 3.77. The molecule has 1 unspecified atom stereocenters. The highest BCUT2D eigenvalue weighted by molar-refractivity contribution is 5.79. The molecule has 0 bridgehead atoms. The Morgan fingerprint density at radius 1 is 1.29 bits per heavy atom. The van der Waals surface area contributed by atoms with Crippen molar-refractivity contribution in [1.82, 2.24) is 35.0 Å². The van der Waals surface area contributed by atoms with Crippen LogP contribution in [0.3, 0.4) is 0 Å². The maximum Gasteiger partial charge on any atom is 0.471 e. The number of nitrogens with zero attached hydrogens (tertiary/aromatic N) is 7. The number of hydrogen-bond acceptors (Lipinski definition) is 9. The van der Waals surface area contributed by atoms with Crippen LogP contribution in [-0.4, -0.2) is 80.3 Å². The number of anilines is 1. The zero-order chi connectivity index (χ0) is 24.5. The van der Waals surface area contributed by atoms with Crippen molar-refractivity contribution in [1.29, 1.82) is 0 Å². The van der Waals surface area contributed by atoms with E-state index in [1.807, 2.05) is 6.92 Å². The number of carbonyl (C=O) groups is 1. The largest absolute Gasteiger partial charge is 0.471 e. The molecule has 1 amide bonds. The number of ether oxygens (including phenoxy) is 1. The molecule has 3 aromatic heterocycles. The molecule has 0 radical (unpaired) electrons. The zero-order valence-corrected chi connectivity index (χ0v) is 18.5. The summed E-state index contributed by atoms with van der Waals surface area (Å²) in [6.45, 7) is 5.34. The van der Waals surface area contributed by atoms with Crippen LogP contribution in [0.15, 0.2) is 15.5 Å². The average Bonchev–Trinajstić information content (AvgIpc) is 3.43. The summed E-state index contributed by atoms with van der Waals surface area (Å²) >= 11 is 0. The quantitative estimate of drug-likeness (QED) is 0.490. The predicted octanol–water partition coefficient (Wildman–Crippen LogP) is 1.15. The Kier molecular flexibility index (Phi) is 6.54. The molecule has 4 heterocycles. The van der Waals surface area contributed by atoms with Crippen LogP contribution in [0.4, 0.5) is 19.1 Å². The number of amides is 1. The van der Waals surface area contributed by atoms with Crippen molar-refractivity contribution in [2.75, 3.05) is 44.3 Å². The highest BCUT2D eigenvalue weighted by Crippen LogP contribution is 2.29. The molecule has 0 saturated carbocycles. The van der Waals surface area contributed by atoms with Gasteiger partial charge in [-0.05, 0) is 19.0 Å². The van der Waals surface area contributed by atoms with Gasteiger partial charge >= 0.3 is 12.1 Å². The normalized spacial score (nSPS) is 15.8. The van der Waals surface area contributed by atoms with E-state index >= 15 is 0 Å². The Labute approximate surface area is 190 Å².